The van der Waals surface area contributed by atoms with Gasteiger partial charge < -0.3 is 14.7 Å². The molecular weight excluding hydrogens is 350 g/mol. The summed E-state index contributed by atoms with van der Waals surface area (Å²) in [6, 6.07) is 8.64. The van der Waals surface area contributed by atoms with Crippen molar-refractivity contribution in [1.82, 2.24) is 14.7 Å². The third-order valence-electron chi connectivity index (χ3n) is 6.81. The summed E-state index contributed by atoms with van der Waals surface area (Å²) in [4.78, 5) is 32.0. The highest BCUT2D eigenvalue weighted by Gasteiger charge is 2.31. The normalized spacial score (nSPS) is 26.0. The summed E-state index contributed by atoms with van der Waals surface area (Å²) in [7, 11) is 2.08. The minimum atomic E-state index is 0.148. The summed E-state index contributed by atoms with van der Waals surface area (Å²) < 4.78 is 0. The molecule has 0 spiro atoms. The zero-order chi connectivity index (χ0) is 19.5. The molecule has 5 heteroatoms. The first kappa shape index (κ1) is 19.4. The Balaban J connectivity index is 1.28. The Morgan fingerprint density at radius 1 is 0.964 bits per heavy atom. The second kappa shape index (κ2) is 8.64. The second-order valence-electron chi connectivity index (χ2n) is 8.89. The van der Waals surface area contributed by atoms with E-state index in [1.807, 2.05) is 9.80 Å². The van der Waals surface area contributed by atoms with Gasteiger partial charge in [0.2, 0.25) is 11.8 Å². The monoisotopic (exact) mass is 383 g/mol. The van der Waals surface area contributed by atoms with Gasteiger partial charge in [-0.3, -0.25) is 9.59 Å². The fourth-order valence-corrected chi connectivity index (χ4v) is 5.11. The van der Waals surface area contributed by atoms with Crippen molar-refractivity contribution in [2.45, 2.75) is 38.5 Å². The van der Waals surface area contributed by atoms with Gasteiger partial charge >= 0.3 is 0 Å². The Bertz CT molecular complexity index is 720. The van der Waals surface area contributed by atoms with Crippen molar-refractivity contribution in [3.05, 3.63) is 35.4 Å². The lowest BCUT2D eigenvalue weighted by Crippen LogP contribution is -2.41. The maximum Gasteiger partial charge on any atom is 0.227 e. The van der Waals surface area contributed by atoms with Gasteiger partial charge in [-0.1, -0.05) is 24.3 Å². The number of amides is 2. The Morgan fingerprint density at radius 3 is 2.50 bits per heavy atom. The van der Waals surface area contributed by atoms with E-state index in [0.717, 1.165) is 58.3 Å². The number of likely N-dealkylation sites (tertiary alicyclic amines) is 1. The van der Waals surface area contributed by atoms with E-state index in [1.54, 1.807) is 0 Å². The van der Waals surface area contributed by atoms with Crippen LogP contribution in [0.3, 0.4) is 0 Å². The van der Waals surface area contributed by atoms with Gasteiger partial charge in [-0.25, -0.2) is 0 Å². The summed E-state index contributed by atoms with van der Waals surface area (Å²) in [5.74, 6) is 1.17. The van der Waals surface area contributed by atoms with E-state index >= 15 is 0 Å². The van der Waals surface area contributed by atoms with E-state index in [2.05, 4.69) is 36.2 Å². The highest BCUT2D eigenvalue weighted by Crippen LogP contribution is 2.28. The van der Waals surface area contributed by atoms with Crippen LogP contribution in [0, 0.1) is 11.8 Å². The van der Waals surface area contributed by atoms with Crippen molar-refractivity contribution in [2.75, 3.05) is 46.3 Å². The molecule has 28 heavy (non-hydrogen) atoms. The van der Waals surface area contributed by atoms with Gasteiger partial charge in [0.25, 0.3) is 0 Å². The first-order valence-electron chi connectivity index (χ1n) is 10.9. The molecular formula is C23H33N3O2. The molecule has 4 rings (SSSR count). The van der Waals surface area contributed by atoms with Crippen LogP contribution in [-0.4, -0.2) is 72.8 Å². The van der Waals surface area contributed by atoms with Gasteiger partial charge in [-0.15, -0.1) is 0 Å². The number of carbonyl (C=O) groups excluding carboxylic acids is 2. The van der Waals surface area contributed by atoms with Crippen LogP contribution in [0.2, 0.25) is 0 Å². The first-order valence-corrected chi connectivity index (χ1v) is 10.9. The SMILES string of the molecule is CN1CCC(C(=O)N2CCCN(C(=O)CC3CCc4ccccc4C3)CC2)C1. The lowest BCUT2D eigenvalue weighted by Gasteiger charge is -2.28. The number of benzene rings is 1. The van der Waals surface area contributed by atoms with Crippen LogP contribution >= 0.6 is 0 Å². The minimum Gasteiger partial charge on any atom is -0.341 e. The van der Waals surface area contributed by atoms with Crippen LogP contribution in [-0.2, 0) is 22.4 Å². The van der Waals surface area contributed by atoms with Crippen molar-refractivity contribution >= 4 is 11.8 Å². The number of rotatable bonds is 3. The van der Waals surface area contributed by atoms with Gasteiger partial charge in [0.15, 0.2) is 0 Å². The molecule has 2 aliphatic heterocycles. The van der Waals surface area contributed by atoms with E-state index in [0.29, 0.717) is 31.3 Å². The number of carbonyl (C=O) groups is 2. The molecule has 2 unspecified atom stereocenters. The summed E-state index contributed by atoms with van der Waals surface area (Å²) >= 11 is 0. The molecule has 0 radical (unpaired) electrons. The first-order chi connectivity index (χ1) is 13.6. The van der Waals surface area contributed by atoms with Crippen molar-refractivity contribution in [2.24, 2.45) is 11.8 Å². The smallest absolute Gasteiger partial charge is 0.227 e. The van der Waals surface area contributed by atoms with Crippen LogP contribution in [0.4, 0.5) is 0 Å². The molecule has 0 saturated carbocycles. The maximum atomic E-state index is 12.9. The molecule has 152 valence electrons. The highest BCUT2D eigenvalue weighted by atomic mass is 16.2. The van der Waals surface area contributed by atoms with Crippen molar-refractivity contribution in [3.8, 4) is 0 Å². The molecule has 0 bridgehead atoms. The largest absolute Gasteiger partial charge is 0.341 e. The fraction of sp³-hybridized carbons (Fsp3) is 0.652. The molecule has 2 fully saturated rings. The van der Waals surface area contributed by atoms with Gasteiger partial charge in [-0.2, -0.15) is 0 Å². The van der Waals surface area contributed by atoms with E-state index in [1.165, 1.54) is 11.1 Å². The van der Waals surface area contributed by atoms with Crippen LogP contribution < -0.4 is 0 Å². The van der Waals surface area contributed by atoms with E-state index < -0.39 is 0 Å². The van der Waals surface area contributed by atoms with Gasteiger partial charge in [0, 0.05) is 39.1 Å². The number of fused-ring (bicyclic) bond motifs is 1. The van der Waals surface area contributed by atoms with Crippen LogP contribution in [0.25, 0.3) is 0 Å². The topological polar surface area (TPSA) is 43.9 Å². The van der Waals surface area contributed by atoms with Crippen molar-refractivity contribution in [1.29, 1.82) is 0 Å². The lowest BCUT2D eigenvalue weighted by molar-refractivity contribution is -0.136. The quantitative estimate of drug-likeness (QED) is 0.804. The zero-order valence-electron chi connectivity index (χ0n) is 17.1. The lowest BCUT2D eigenvalue weighted by atomic mass is 9.82. The number of hydrogen-bond acceptors (Lipinski definition) is 3. The Morgan fingerprint density at radius 2 is 1.71 bits per heavy atom. The molecule has 0 N–H and O–H groups in total. The highest BCUT2D eigenvalue weighted by molar-refractivity contribution is 5.80. The third kappa shape index (κ3) is 4.40. The fourth-order valence-electron chi connectivity index (χ4n) is 5.11. The summed E-state index contributed by atoms with van der Waals surface area (Å²) in [5.41, 5.74) is 2.87. The van der Waals surface area contributed by atoms with E-state index in [9.17, 15) is 9.59 Å². The molecule has 2 saturated heterocycles. The molecule has 2 amide bonds. The van der Waals surface area contributed by atoms with E-state index in [4.69, 9.17) is 0 Å². The third-order valence-corrected chi connectivity index (χ3v) is 6.81. The summed E-state index contributed by atoms with van der Waals surface area (Å²) in [6.45, 7) is 4.85. The molecule has 1 aromatic rings. The molecule has 3 aliphatic rings. The maximum absolute atomic E-state index is 12.9. The van der Waals surface area contributed by atoms with Gasteiger partial charge in [0.05, 0.1) is 5.92 Å². The van der Waals surface area contributed by atoms with Gasteiger partial charge in [0.1, 0.15) is 0 Å². The average molecular weight is 384 g/mol. The average Bonchev–Trinajstić information content (AvgIpc) is 2.99. The Kier molecular flexibility index (Phi) is 6.00. The number of nitrogens with zero attached hydrogens (tertiary/aromatic N) is 3. The molecule has 1 aromatic carbocycles. The molecule has 2 atom stereocenters. The van der Waals surface area contributed by atoms with Crippen molar-refractivity contribution in [3.63, 3.8) is 0 Å². The molecule has 2 heterocycles. The standard InChI is InChI=1S/C23H33N3O2/c1-24-12-9-21(17-24)23(28)26-11-4-10-25(13-14-26)22(27)16-18-7-8-19-5-2-3-6-20(19)15-18/h2-3,5-6,18,21H,4,7-17H2,1H3. The van der Waals surface area contributed by atoms with Crippen molar-refractivity contribution < 1.29 is 9.59 Å². The van der Waals surface area contributed by atoms with Crippen LogP contribution in [0.15, 0.2) is 24.3 Å². The molecule has 0 aromatic heterocycles. The second-order valence-corrected chi connectivity index (χ2v) is 8.89. The summed E-state index contributed by atoms with van der Waals surface area (Å²) in [5, 5.41) is 0. The Hall–Kier alpha value is -1.88. The number of hydrogen-bond donors (Lipinski definition) is 0. The predicted octanol–water partition coefficient (Wildman–Crippen LogP) is 2.19. The predicted molar refractivity (Wildman–Crippen MR) is 110 cm³/mol. The van der Waals surface area contributed by atoms with Crippen LogP contribution in [0.1, 0.15) is 36.8 Å². The molecule has 5 nitrogen and oxygen atoms in total. The van der Waals surface area contributed by atoms with Crippen LogP contribution in [0.5, 0.6) is 0 Å². The minimum absolute atomic E-state index is 0.148. The molecule has 1 aliphatic carbocycles. The zero-order valence-corrected chi connectivity index (χ0v) is 17.1. The van der Waals surface area contributed by atoms with Gasteiger partial charge in [-0.05, 0) is 62.7 Å². The Labute approximate surface area is 168 Å². The summed E-state index contributed by atoms with van der Waals surface area (Å²) in [6.07, 6.45) is 5.74. The number of aryl methyl sites for hydroxylation is 1. The van der Waals surface area contributed by atoms with E-state index in [-0.39, 0.29) is 11.8 Å².